The van der Waals surface area contributed by atoms with E-state index in [1.165, 1.54) is 19.3 Å². The molecule has 1 aliphatic rings. The Morgan fingerprint density at radius 2 is 2.17 bits per heavy atom. The van der Waals surface area contributed by atoms with Gasteiger partial charge in [-0.1, -0.05) is 25.5 Å². The fourth-order valence-corrected chi connectivity index (χ4v) is 1.68. The molecule has 1 nitrogen and oxygen atoms in total. The summed E-state index contributed by atoms with van der Waals surface area (Å²) >= 11 is 0. The van der Waals surface area contributed by atoms with Crippen LogP contribution in [0, 0.1) is 5.92 Å². The van der Waals surface area contributed by atoms with Gasteiger partial charge >= 0.3 is 0 Å². The van der Waals surface area contributed by atoms with Crippen LogP contribution < -0.4 is 0 Å². The van der Waals surface area contributed by atoms with Crippen LogP contribution in [-0.4, -0.2) is 10.7 Å². The Balaban J connectivity index is 1.96. The maximum absolute atomic E-state index is 9.74. The molecule has 2 unspecified atom stereocenters. The summed E-state index contributed by atoms with van der Waals surface area (Å²) in [5, 5.41) is 9.74. The Labute approximate surface area is 75.5 Å². The van der Waals surface area contributed by atoms with Crippen LogP contribution in [0.5, 0.6) is 0 Å². The molecule has 1 rings (SSSR count). The smallest absolute Gasteiger partial charge is 0.0677 e. The van der Waals surface area contributed by atoms with Crippen molar-refractivity contribution < 1.29 is 5.11 Å². The average Bonchev–Trinajstić information content (AvgIpc) is 2.60. The number of aliphatic hydroxyl groups is 1. The Morgan fingerprint density at radius 3 is 2.67 bits per heavy atom. The van der Waals surface area contributed by atoms with Crippen LogP contribution in [0.3, 0.4) is 0 Å². The molecule has 0 bridgehead atoms. The summed E-state index contributed by atoms with van der Waals surface area (Å²) in [7, 11) is 0. The molecule has 0 aromatic rings. The van der Waals surface area contributed by atoms with E-state index in [1.54, 1.807) is 0 Å². The van der Waals surface area contributed by atoms with E-state index in [1.807, 2.05) is 0 Å². The van der Waals surface area contributed by atoms with E-state index >= 15 is 0 Å². The highest BCUT2D eigenvalue weighted by Gasteiger charge is 2.48. The molecular weight excluding hydrogens is 148 g/mol. The van der Waals surface area contributed by atoms with Gasteiger partial charge in [0.1, 0.15) is 0 Å². The third kappa shape index (κ3) is 2.63. The van der Waals surface area contributed by atoms with Gasteiger partial charge in [0.15, 0.2) is 0 Å². The van der Waals surface area contributed by atoms with Crippen molar-refractivity contribution in [1.82, 2.24) is 0 Å². The number of hydrogen-bond acceptors (Lipinski definition) is 1. The zero-order valence-electron chi connectivity index (χ0n) is 8.21. The van der Waals surface area contributed by atoms with Crippen molar-refractivity contribution >= 4 is 0 Å². The summed E-state index contributed by atoms with van der Waals surface area (Å²) in [6.45, 7) is 4.18. The van der Waals surface area contributed by atoms with Crippen molar-refractivity contribution in [1.29, 1.82) is 0 Å². The molecule has 70 valence electrons. The quantitative estimate of drug-likeness (QED) is 0.494. The molecule has 0 aromatic carbocycles. The minimum Gasteiger partial charge on any atom is -0.390 e. The predicted molar refractivity (Wildman–Crippen MR) is 52.0 cm³/mol. The van der Waals surface area contributed by atoms with Gasteiger partial charge in [-0.3, -0.25) is 0 Å². The molecule has 0 amide bonds. The van der Waals surface area contributed by atoms with Crippen LogP contribution in [0.1, 0.15) is 46.0 Å². The molecule has 0 saturated heterocycles. The average molecular weight is 168 g/mol. The molecule has 1 fully saturated rings. The normalized spacial score (nSPS) is 34.4. The lowest BCUT2D eigenvalue weighted by Gasteiger charge is -2.06. The first-order chi connectivity index (χ1) is 5.69. The van der Waals surface area contributed by atoms with E-state index in [0.29, 0.717) is 5.92 Å². The van der Waals surface area contributed by atoms with Crippen LogP contribution in [0.4, 0.5) is 0 Å². The summed E-state index contributed by atoms with van der Waals surface area (Å²) in [5.74, 6) is 0.555. The molecule has 1 N–H and O–H groups in total. The predicted octanol–water partition coefficient (Wildman–Crippen LogP) is 2.89. The highest BCUT2D eigenvalue weighted by Crippen LogP contribution is 2.46. The summed E-state index contributed by atoms with van der Waals surface area (Å²) < 4.78 is 0. The summed E-state index contributed by atoms with van der Waals surface area (Å²) in [6.07, 6.45) is 9.88. The minimum absolute atomic E-state index is 0.268. The highest BCUT2D eigenvalue weighted by atomic mass is 16.3. The number of allylic oxidation sites excluding steroid dienone is 2. The van der Waals surface area contributed by atoms with E-state index in [-0.39, 0.29) is 5.60 Å². The monoisotopic (exact) mass is 168 g/mol. The van der Waals surface area contributed by atoms with Gasteiger partial charge in [-0.05, 0) is 38.5 Å². The van der Waals surface area contributed by atoms with Crippen molar-refractivity contribution in [2.24, 2.45) is 5.92 Å². The maximum atomic E-state index is 9.74. The molecular formula is C11H20O. The van der Waals surface area contributed by atoms with Crippen molar-refractivity contribution in [3.8, 4) is 0 Å². The lowest BCUT2D eigenvalue weighted by atomic mass is 10.1. The largest absolute Gasteiger partial charge is 0.390 e. The Morgan fingerprint density at radius 1 is 1.50 bits per heavy atom. The van der Waals surface area contributed by atoms with Gasteiger partial charge in [-0.2, -0.15) is 0 Å². The molecule has 12 heavy (non-hydrogen) atoms. The standard InChI is InChI=1S/C11H20O/c1-3-4-5-6-7-8-11(12)9-10(11)2/h3-4,10,12H,5-9H2,1-2H3. The fraction of sp³-hybridized carbons (Fsp3) is 0.818. The maximum Gasteiger partial charge on any atom is 0.0677 e. The van der Waals surface area contributed by atoms with Gasteiger partial charge in [0.05, 0.1) is 5.60 Å². The second kappa shape index (κ2) is 4.08. The van der Waals surface area contributed by atoms with Crippen LogP contribution in [-0.2, 0) is 0 Å². The molecule has 2 atom stereocenters. The van der Waals surface area contributed by atoms with Gasteiger partial charge in [0.25, 0.3) is 0 Å². The topological polar surface area (TPSA) is 20.2 Å². The van der Waals surface area contributed by atoms with Gasteiger partial charge in [0.2, 0.25) is 0 Å². The van der Waals surface area contributed by atoms with Crippen LogP contribution in [0.25, 0.3) is 0 Å². The first-order valence-electron chi connectivity index (χ1n) is 5.02. The lowest BCUT2D eigenvalue weighted by molar-refractivity contribution is 0.121. The van der Waals surface area contributed by atoms with E-state index < -0.39 is 0 Å². The lowest BCUT2D eigenvalue weighted by Crippen LogP contribution is -2.08. The van der Waals surface area contributed by atoms with Crippen molar-refractivity contribution in [3.05, 3.63) is 12.2 Å². The fourth-order valence-electron chi connectivity index (χ4n) is 1.68. The SMILES string of the molecule is CC=CCCCCC1(O)CC1C. The highest BCUT2D eigenvalue weighted by molar-refractivity contribution is 5.00. The number of unbranched alkanes of at least 4 members (excludes halogenated alkanes) is 2. The Hall–Kier alpha value is -0.300. The van der Waals surface area contributed by atoms with E-state index in [9.17, 15) is 5.11 Å². The van der Waals surface area contributed by atoms with Gasteiger partial charge in [0, 0.05) is 0 Å². The second-order valence-corrected chi connectivity index (χ2v) is 4.02. The molecule has 1 heteroatoms. The van der Waals surface area contributed by atoms with Gasteiger partial charge in [-0.15, -0.1) is 0 Å². The van der Waals surface area contributed by atoms with E-state index in [4.69, 9.17) is 0 Å². The van der Waals surface area contributed by atoms with Gasteiger partial charge in [-0.25, -0.2) is 0 Å². The van der Waals surface area contributed by atoms with Crippen molar-refractivity contribution in [2.45, 2.75) is 51.6 Å². The van der Waals surface area contributed by atoms with Crippen LogP contribution >= 0.6 is 0 Å². The third-order valence-electron chi connectivity index (χ3n) is 2.88. The van der Waals surface area contributed by atoms with Gasteiger partial charge < -0.3 is 5.11 Å². The zero-order chi connectivity index (χ0) is 9.03. The Bertz CT molecular complexity index is 162. The third-order valence-corrected chi connectivity index (χ3v) is 2.88. The Kier molecular flexibility index (Phi) is 3.33. The summed E-state index contributed by atoms with van der Waals surface area (Å²) in [4.78, 5) is 0. The molecule has 0 aliphatic heterocycles. The molecule has 1 saturated carbocycles. The minimum atomic E-state index is -0.268. The van der Waals surface area contributed by atoms with Crippen LogP contribution in [0.15, 0.2) is 12.2 Å². The summed E-state index contributed by atoms with van der Waals surface area (Å²) in [5.41, 5.74) is -0.268. The first-order valence-corrected chi connectivity index (χ1v) is 5.02. The molecule has 0 heterocycles. The van der Waals surface area contributed by atoms with Crippen LogP contribution in [0.2, 0.25) is 0 Å². The molecule has 1 aliphatic carbocycles. The van der Waals surface area contributed by atoms with Crippen molar-refractivity contribution in [2.75, 3.05) is 0 Å². The number of rotatable bonds is 5. The van der Waals surface area contributed by atoms with Crippen molar-refractivity contribution in [3.63, 3.8) is 0 Å². The van der Waals surface area contributed by atoms with E-state index in [0.717, 1.165) is 12.8 Å². The zero-order valence-corrected chi connectivity index (χ0v) is 8.21. The summed E-state index contributed by atoms with van der Waals surface area (Å²) in [6, 6.07) is 0. The second-order valence-electron chi connectivity index (χ2n) is 4.02. The number of hydrogen-bond donors (Lipinski definition) is 1. The van der Waals surface area contributed by atoms with E-state index in [2.05, 4.69) is 26.0 Å². The molecule has 0 spiro atoms. The first kappa shape index (κ1) is 9.79. The molecule has 0 aromatic heterocycles. The molecule has 0 radical (unpaired) electrons.